The molecule has 14 heavy (non-hydrogen) atoms. The minimum absolute atomic E-state index is 0.551. The number of halogens is 1. The second-order valence-electron chi connectivity index (χ2n) is 3.31. The topological polar surface area (TPSA) is 4.93 Å². The molecule has 2 aromatic rings. The van der Waals surface area contributed by atoms with Gasteiger partial charge in [-0.25, -0.2) is 0 Å². The van der Waals surface area contributed by atoms with Gasteiger partial charge in [0.05, 0.1) is 5.69 Å². The lowest BCUT2D eigenvalue weighted by atomic mass is 10.1. The molecule has 1 nitrogen and oxygen atoms in total. The SMILES string of the molecule is Cc1cccc(CCl)c1-n1cccc1. The molecule has 0 saturated heterocycles. The van der Waals surface area contributed by atoms with E-state index in [2.05, 4.69) is 23.6 Å². The molecule has 1 aromatic heterocycles. The molecule has 0 saturated carbocycles. The number of hydrogen-bond acceptors (Lipinski definition) is 0. The van der Waals surface area contributed by atoms with E-state index in [0.29, 0.717) is 5.88 Å². The average molecular weight is 206 g/mol. The Balaban J connectivity index is 2.61. The molecule has 1 aromatic carbocycles. The molecule has 0 bridgehead atoms. The predicted molar refractivity (Wildman–Crippen MR) is 60.1 cm³/mol. The molecule has 0 aliphatic rings. The van der Waals surface area contributed by atoms with E-state index >= 15 is 0 Å². The molecule has 0 unspecified atom stereocenters. The van der Waals surface area contributed by atoms with Crippen molar-refractivity contribution in [1.29, 1.82) is 0 Å². The van der Waals surface area contributed by atoms with E-state index in [1.54, 1.807) is 0 Å². The standard InChI is InChI=1S/C12H12ClN/c1-10-5-4-6-11(9-13)12(10)14-7-2-3-8-14/h2-8H,9H2,1H3. The monoisotopic (exact) mass is 205 g/mol. The van der Waals surface area contributed by atoms with Crippen LogP contribution in [0, 0.1) is 6.92 Å². The normalized spacial score (nSPS) is 10.4. The smallest absolute Gasteiger partial charge is 0.0522 e. The average Bonchev–Trinajstić information content (AvgIpc) is 2.70. The zero-order chi connectivity index (χ0) is 9.97. The van der Waals surface area contributed by atoms with E-state index in [9.17, 15) is 0 Å². The molecule has 0 fully saturated rings. The van der Waals surface area contributed by atoms with Gasteiger partial charge in [-0.05, 0) is 30.2 Å². The quantitative estimate of drug-likeness (QED) is 0.662. The Morgan fingerprint density at radius 2 is 1.86 bits per heavy atom. The van der Waals surface area contributed by atoms with E-state index < -0.39 is 0 Å². The first-order valence-corrected chi connectivity index (χ1v) is 5.14. The van der Waals surface area contributed by atoms with Crippen molar-refractivity contribution in [3.05, 3.63) is 53.9 Å². The van der Waals surface area contributed by atoms with Crippen molar-refractivity contribution in [2.75, 3.05) is 0 Å². The highest BCUT2D eigenvalue weighted by Gasteiger charge is 2.05. The number of aryl methyl sites for hydroxylation is 1. The minimum Gasteiger partial charge on any atom is -0.323 e. The Bertz CT molecular complexity index is 418. The van der Waals surface area contributed by atoms with Crippen LogP contribution in [0.2, 0.25) is 0 Å². The van der Waals surface area contributed by atoms with Crippen LogP contribution in [0.25, 0.3) is 5.69 Å². The zero-order valence-electron chi connectivity index (χ0n) is 8.07. The summed E-state index contributed by atoms with van der Waals surface area (Å²) in [4.78, 5) is 0. The van der Waals surface area contributed by atoms with E-state index in [0.717, 1.165) is 0 Å². The van der Waals surface area contributed by atoms with Gasteiger partial charge < -0.3 is 4.57 Å². The van der Waals surface area contributed by atoms with E-state index in [1.165, 1.54) is 16.8 Å². The number of nitrogens with zero attached hydrogens (tertiary/aromatic N) is 1. The van der Waals surface area contributed by atoms with Crippen LogP contribution >= 0.6 is 11.6 Å². The zero-order valence-corrected chi connectivity index (χ0v) is 8.83. The molecule has 0 amide bonds. The molecular formula is C12H12ClN. The van der Waals surface area contributed by atoms with Gasteiger partial charge in [0.2, 0.25) is 0 Å². The molecular weight excluding hydrogens is 194 g/mol. The number of alkyl halides is 1. The largest absolute Gasteiger partial charge is 0.323 e. The molecule has 0 spiro atoms. The van der Waals surface area contributed by atoms with Crippen molar-refractivity contribution < 1.29 is 0 Å². The van der Waals surface area contributed by atoms with Crippen LogP contribution in [0.4, 0.5) is 0 Å². The van der Waals surface area contributed by atoms with Crippen molar-refractivity contribution in [1.82, 2.24) is 4.57 Å². The van der Waals surface area contributed by atoms with Gasteiger partial charge in [-0.2, -0.15) is 0 Å². The Morgan fingerprint density at radius 3 is 2.50 bits per heavy atom. The fraction of sp³-hybridized carbons (Fsp3) is 0.167. The summed E-state index contributed by atoms with van der Waals surface area (Å²) in [5.74, 6) is 0.551. The molecule has 2 rings (SSSR count). The van der Waals surface area contributed by atoms with E-state index in [-0.39, 0.29) is 0 Å². The van der Waals surface area contributed by atoms with Gasteiger partial charge in [-0.15, -0.1) is 11.6 Å². The lowest BCUT2D eigenvalue weighted by molar-refractivity contribution is 1.04. The number of hydrogen-bond donors (Lipinski definition) is 0. The molecule has 0 radical (unpaired) electrons. The van der Waals surface area contributed by atoms with Crippen molar-refractivity contribution in [2.24, 2.45) is 0 Å². The van der Waals surface area contributed by atoms with Gasteiger partial charge in [0.1, 0.15) is 0 Å². The highest BCUT2D eigenvalue weighted by atomic mass is 35.5. The van der Waals surface area contributed by atoms with Gasteiger partial charge in [-0.3, -0.25) is 0 Å². The predicted octanol–water partition coefficient (Wildman–Crippen LogP) is 3.52. The van der Waals surface area contributed by atoms with Crippen molar-refractivity contribution in [3.63, 3.8) is 0 Å². The molecule has 1 heterocycles. The first-order valence-electron chi connectivity index (χ1n) is 4.60. The first kappa shape index (κ1) is 9.35. The Kier molecular flexibility index (Phi) is 2.60. The number of rotatable bonds is 2. The molecule has 72 valence electrons. The van der Waals surface area contributed by atoms with Crippen LogP contribution in [-0.4, -0.2) is 4.57 Å². The first-order chi connectivity index (χ1) is 6.83. The van der Waals surface area contributed by atoms with Crippen LogP contribution in [-0.2, 0) is 5.88 Å². The van der Waals surface area contributed by atoms with Crippen LogP contribution in [0.15, 0.2) is 42.7 Å². The molecule has 0 aliphatic heterocycles. The van der Waals surface area contributed by atoms with Gasteiger partial charge in [0.25, 0.3) is 0 Å². The van der Waals surface area contributed by atoms with Crippen molar-refractivity contribution >= 4 is 11.6 Å². The Morgan fingerprint density at radius 1 is 1.14 bits per heavy atom. The highest BCUT2D eigenvalue weighted by molar-refractivity contribution is 6.17. The van der Waals surface area contributed by atoms with E-state index in [4.69, 9.17) is 11.6 Å². The van der Waals surface area contributed by atoms with Crippen LogP contribution < -0.4 is 0 Å². The summed E-state index contributed by atoms with van der Waals surface area (Å²) < 4.78 is 2.10. The summed E-state index contributed by atoms with van der Waals surface area (Å²) in [6, 6.07) is 10.2. The maximum Gasteiger partial charge on any atom is 0.0522 e. The van der Waals surface area contributed by atoms with E-state index in [1.807, 2.05) is 30.6 Å². The third kappa shape index (κ3) is 1.55. The Hall–Kier alpha value is -1.21. The molecule has 0 atom stereocenters. The fourth-order valence-corrected chi connectivity index (χ4v) is 1.90. The second-order valence-corrected chi connectivity index (χ2v) is 3.57. The summed E-state index contributed by atoms with van der Waals surface area (Å²) in [5.41, 5.74) is 3.62. The van der Waals surface area contributed by atoms with Crippen molar-refractivity contribution in [3.8, 4) is 5.69 Å². The van der Waals surface area contributed by atoms with Gasteiger partial charge in [-0.1, -0.05) is 18.2 Å². The van der Waals surface area contributed by atoms with Crippen LogP contribution in [0.3, 0.4) is 0 Å². The van der Waals surface area contributed by atoms with Crippen molar-refractivity contribution in [2.45, 2.75) is 12.8 Å². The summed E-state index contributed by atoms with van der Waals surface area (Å²) >= 11 is 5.91. The van der Waals surface area contributed by atoms with Gasteiger partial charge in [0.15, 0.2) is 0 Å². The summed E-state index contributed by atoms with van der Waals surface area (Å²) in [5, 5.41) is 0. The third-order valence-corrected chi connectivity index (χ3v) is 2.62. The Labute approximate surface area is 88.9 Å². The molecule has 0 aliphatic carbocycles. The maximum atomic E-state index is 5.91. The number of para-hydroxylation sites is 1. The maximum absolute atomic E-state index is 5.91. The number of aromatic nitrogens is 1. The highest BCUT2D eigenvalue weighted by Crippen LogP contribution is 2.20. The molecule has 2 heteroatoms. The third-order valence-electron chi connectivity index (χ3n) is 2.33. The lowest BCUT2D eigenvalue weighted by Crippen LogP contribution is -1.98. The van der Waals surface area contributed by atoms with Crippen LogP contribution in [0.5, 0.6) is 0 Å². The minimum atomic E-state index is 0.551. The fourth-order valence-electron chi connectivity index (χ4n) is 1.68. The van der Waals surface area contributed by atoms with Gasteiger partial charge >= 0.3 is 0 Å². The number of benzene rings is 1. The van der Waals surface area contributed by atoms with Crippen LogP contribution in [0.1, 0.15) is 11.1 Å². The summed E-state index contributed by atoms with van der Waals surface area (Å²) in [6.45, 7) is 2.10. The lowest BCUT2D eigenvalue weighted by Gasteiger charge is -2.11. The second kappa shape index (κ2) is 3.89. The summed E-state index contributed by atoms with van der Waals surface area (Å²) in [6.07, 6.45) is 4.08. The molecule has 0 N–H and O–H groups in total. The summed E-state index contributed by atoms with van der Waals surface area (Å²) in [7, 11) is 0. The van der Waals surface area contributed by atoms with Gasteiger partial charge in [0, 0.05) is 18.3 Å².